The van der Waals surface area contributed by atoms with Crippen molar-refractivity contribution in [2.75, 3.05) is 18.8 Å². The third kappa shape index (κ3) is 3.38. The minimum absolute atomic E-state index is 0.0248. The maximum Gasteiger partial charge on any atom is 0.245 e. The highest BCUT2D eigenvalue weighted by atomic mass is 32.2. The van der Waals surface area contributed by atoms with Crippen molar-refractivity contribution in [3.63, 3.8) is 0 Å². The molecule has 2 atom stereocenters. The Balaban J connectivity index is 1.68. The van der Waals surface area contributed by atoms with Gasteiger partial charge in [-0.2, -0.15) is 11.8 Å². The maximum atomic E-state index is 12.8. The standard InChI is InChI=1S/C16H26N2O2S/c1-16(8-5-9-21-16)11-18-10-13(19)17-14(15(18)20)12-6-3-2-4-7-12/h12,14H,2-11H2,1H3,(H,17,19). The first-order chi connectivity index (χ1) is 10.1. The van der Waals surface area contributed by atoms with Crippen LogP contribution in [0.25, 0.3) is 0 Å². The molecule has 2 aliphatic heterocycles. The molecule has 0 spiro atoms. The molecule has 0 aromatic rings. The third-order valence-corrected chi connectivity index (χ3v) is 6.70. The van der Waals surface area contributed by atoms with Crippen molar-refractivity contribution in [1.82, 2.24) is 10.2 Å². The SMILES string of the molecule is CC1(CN2CC(=O)NC(C3CCCCC3)C2=O)CCCS1. The van der Waals surface area contributed by atoms with Crippen molar-refractivity contribution in [2.24, 2.45) is 5.92 Å². The van der Waals surface area contributed by atoms with E-state index in [9.17, 15) is 9.59 Å². The van der Waals surface area contributed by atoms with Crippen LogP contribution in [0.15, 0.2) is 0 Å². The molecule has 1 saturated carbocycles. The topological polar surface area (TPSA) is 49.4 Å². The second-order valence-electron chi connectivity index (χ2n) is 7.04. The summed E-state index contributed by atoms with van der Waals surface area (Å²) >= 11 is 1.95. The molecule has 5 heteroatoms. The van der Waals surface area contributed by atoms with E-state index in [1.165, 1.54) is 31.4 Å². The average molecular weight is 310 g/mol. The Morgan fingerprint density at radius 3 is 2.67 bits per heavy atom. The molecule has 2 amide bonds. The van der Waals surface area contributed by atoms with Crippen LogP contribution < -0.4 is 5.32 Å². The fraction of sp³-hybridized carbons (Fsp3) is 0.875. The first kappa shape index (κ1) is 15.2. The van der Waals surface area contributed by atoms with Crippen molar-refractivity contribution in [2.45, 2.75) is 62.7 Å². The van der Waals surface area contributed by atoms with Gasteiger partial charge >= 0.3 is 0 Å². The number of piperazine rings is 1. The molecule has 0 aromatic carbocycles. The highest BCUT2D eigenvalue weighted by Gasteiger charge is 2.41. The summed E-state index contributed by atoms with van der Waals surface area (Å²) in [5.41, 5.74) is 0. The molecule has 0 aromatic heterocycles. The summed E-state index contributed by atoms with van der Waals surface area (Å²) in [6, 6.07) is -0.262. The smallest absolute Gasteiger partial charge is 0.245 e. The summed E-state index contributed by atoms with van der Waals surface area (Å²) < 4.78 is 0.143. The Labute approximate surface area is 131 Å². The van der Waals surface area contributed by atoms with Gasteiger partial charge in [-0.25, -0.2) is 0 Å². The van der Waals surface area contributed by atoms with Gasteiger partial charge in [-0.05, 0) is 44.3 Å². The minimum Gasteiger partial charge on any atom is -0.342 e. The van der Waals surface area contributed by atoms with E-state index in [4.69, 9.17) is 0 Å². The van der Waals surface area contributed by atoms with Crippen LogP contribution in [0.3, 0.4) is 0 Å². The fourth-order valence-electron chi connectivity index (χ4n) is 4.01. The first-order valence-corrected chi connectivity index (χ1v) is 9.28. The van der Waals surface area contributed by atoms with E-state index in [0.29, 0.717) is 5.92 Å². The summed E-state index contributed by atoms with van der Waals surface area (Å²) in [5, 5.41) is 2.97. The molecule has 118 valence electrons. The van der Waals surface area contributed by atoms with E-state index >= 15 is 0 Å². The van der Waals surface area contributed by atoms with Gasteiger partial charge in [0.1, 0.15) is 6.04 Å². The molecule has 1 aliphatic carbocycles. The second-order valence-corrected chi connectivity index (χ2v) is 8.72. The molecule has 4 nitrogen and oxygen atoms in total. The monoisotopic (exact) mass is 310 g/mol. The van der Waals surface area contributed by atoms with Gasteiger partial charge in [0.05, 0.1) is 6.54 Å². The van der Waals surface area contributed by atoms with Crippen molar-refractivity contribution in [1.29, 1.82) is 0 Å². The third-order valence-electron chi connectivity index (χ3n) is 5.18. The molecule has 0 radical (unpaired) electrons. The van der Waals surface area contributed by atoms with Crippen LogP contribution >= 0.6 is 11.8 Å². The van der Waals surface area contributed by atoms with Crippen LogP contribution in [0.4, 0.5) is 0 Å². The molecule has 3 aliphatic rings. The lowest BCUT2D eigenvalue weighted by Crippen LogP contribution is -2.62. The minimum atomic E-state index is -0.262. The summed E-state index contributed by atoms with van der Waals surface area (Å²) in [5.74, 6) is 1.71. The zero-order valence-corrected chi connectivity index (χ0v) is 13.7. The normalized spacial score (nSPS) is 35.1. The number of hydrogen-bond donors (Lipinski definition) is 1. The number of rotatable bonds is 3. The quantitative estimate of drug-likeness (QED) is 0.869. The molecular formula is C16H26N2O2S. The number of thioether (sulfide) groups is 1. The van der Waals surface area contributed by atoms with Crippen LogP contribution in [-0.2, 0) is 9.59 Å². The number of hydrogen-bond acceptors (Lipinski definition) is 3. The summed E-state index contributed by atoms with van der Waals surface area (Å²) in [6.07, 6.45) is 8.19. The number of carbonyl (C=O) groups excluding carboxylic acids is 2. The first-order valence-electron chi connectivity index (χ1n) is 8.29. The van der Waals surface area contributed by atoms with Gasteiger partial charge in [-0.1, -0.05) is 19.3 Å². The number of nitrogens with one attached hydrogen (secondary N) is 1. The van der Waals surface area contributed by atoms with Gasteiger partial charge in [-0.15, -0.1) is 0 Å². The van der Waals surface area contributed by atoms with Gasteiger partial charge in [0, 0.05) is 11.3 Å². The van der Waals surface area contributed by atoms with E-state index in [1.807, 2.05) is 16.7 Å². The van der Waals surface area contributed by atoms with Gasteiger partial charge < -0.3 is 10.2 Å². The van der Waals surface area contributed by atoms with Crippen molar-refractivity contribution < 1.29 is 9.59 Å². The lowest BCUT2D eigenvalue weighted by Gasteiger charge is -2.40. The van der Waals surface area contributed by atoms with E-state index in [1.54, 1.807) is 0 Å². The summed E-state index contributed by atoms with van der Waals surface area (Å²) in [4.78, 5) is 26.7. The highest BCUT2D eigenvalue weighted by molar-refractivity contribution is 8.00. The largest absolute Gasteiger partial charge is 0.342 e. The van der Waals surface area contributed by atoms with E-state index in [0.717, 1.165) is 25.8 Å². The highest BCUT2D eigenvalue weighted by Crippen LogP contribution is 2.39. The fourth-order valence-corrected chi connectivity index (χ4v) is 5.33. The summed E-state index contributed by atoms with van der Waals surface area (Å²) in [7, 11) is 0. The number of amides is 2. The molecule has 1 N–H and O–H groups in total. The molecule has 2 unspecified atom stereocenters. The van der Waals surface area contributed by atoms with Gasteiger partial charge in [-0.3, -0.25) is 9.59 Å². The molecular weight excluding hydrogens is 284 g/mol. The molecule has 2 heterocycles. The van der Waals surface area contributed by atoms with Crippen LogP contribution in [0.2, 0.25) is 0 Å². The molecule has 0 bridgehead atoms. The number of carbonyl (C=O) groups is 2. The predicted molar refractivity (Wildman–Crippen MR) is 85.2 cm³/mol. The molecule has 3 fully saturated rings. The van der Waals surface area contributed by atoms with Crippen LogP contribution in [0.5, 0.6) is 0 Å². The van der Waals surface area contributed by atoms with Gasteiger partial charge in [0.2, 0.25) is 11.8 Å². The van der Waals surface area contributed by atoms with Gasteiger partial charge in [0.25, 0.3) is 0 Å². The Hall–Kier alpha value is -0.710. The Kier molecular flexibility index (Phi) is 4.48. The zero-order valence-electron chi connectivity index (χ0n) is 12.9. The van der Waals surface area contributed by atoms with Crippen LogP contribution in [-0.4, -0.2) is 46.3 Å². The van der Waals surface area contributed by atoms with E-state index in [2.05, 4.69) is 12.2 Å². The summed E-state index contributed by atoms with van der Waals surface area (Å²) in [6.45, 7) is 3.21. The van der Waals surface area contributed by atoms with Gasteiger partial charge in [0.15, 0.2) is 0 Å². The Bertz CT molecular complexity index is 415. The zero-order chi connectivity index (χ0) is 14.9. The number of nitrogens with zero attached hydrogens (tertiary/aromatic N) is 1. The average Bonchev–Trinajstić information content (AvgIpc) is 2.90. The van der Waals surface area contributed by atoms with E-state index < -0.39 is 0 Å². The molecule has 21 heavy (non-hydrogen) atoms. The predicted octanol–water partition coefficient (Wildman–Crippen LogP) is 2.18. The molecule has 2 saturated heterocycles. The molecule has 3 rings (SSSR count). The Morgan fingerprint density at radius 2 is 2.00 bits per heavy atom. The van der Waals surface area contributed by atoms with E-state index in [-0.39, 0.29) is 29.1 Å². The second kappa shape index (κ2) is 6.19. The maximum absolute atomic E-state index is 12.8. The van der Waals surface area contributed by atoms with Crippen molar-refractivity contribution >= 4 is 23.6 Å². The van der Waals surface area contributed by atoms with Crippen LogP contribution in [0, 0.1) is 5.92 Å². The Morgan fingerprint density at radius 1 is 1.24 bits per heavy atom. The van der Waals surface area contributed by atoms with Crippen molar-refractivity contribution in [3.8, 4) is 0 Å². The van der Waals surface area contributed by atoms with Crippen molar-refractivity contribution in [3.05, 3.63) is 0 Å². The lowest BCUT2D eigenvalue weighted by molar-refractivity contribution is -0.146. The lowest BCUT2D eigenvalue weighted by atomic mass is 9.82. The van der Waals surface area contributed by atoms with Crippen LogP contribution in [0.1, 0.15) is 51.9 Å².